The molecule has 24 heteroatoms. The number of carbonyl (C=O) groups excluding carboxylic acids is 10. The third-order valence-corrected chi connectivity index (χ3v) is 23.2. The highest BCUT2D eigenvalue weighted by Crippen LogP contribution is 2.63. The van der Waals surface area contributed by atoms with Crippen LogP contribution in [0.3, 0.4) is 0 Å². The summed E-state index contributed by atoms with van der Waals surface area (Å²) in [6.07, 6.45) is 6.56. The van der Waals surface area contributed by atoms with Gasteiger partial charge in [0.25, 0.3) is 11.7 Å². The Kier molecular flexibility index (Phi) is 25.5. The van der Waals surface area contributed by atoms with Gasteiger partial charge in [-0.1, -0.05) is 78.0 Å². The number of rotatable bonds is 13. The molecule has 556 valence electrons. The van der Waals surface area contributed by atoms with Crippen LogP contribution in [0.2, 0.25) is 0 Å². The maximum Gasteiger partial charge on any atom is 0.342 e. The number of carbonyl (C=O) groups is 10. The second-order valence-electron chi connectivity index (χ2n) is 30.2. The standard InChI is InChI=1S/C77H105NO23/c1-40-20-16-15-17-21-41(2)55(92-12)34-49-25-23-46(7)77(90,101-49)71(86)72(87)78-29-19-18-22-52(78)74(89)97-56(43(4)32-48-24-27-53(80)57(33-48)93-13)35-54(81)42(3)31-45(6)68(70(94-14)66(84)44(5)30-40)100-62(83)36-61(82)98-59-28-26-51-63-65(58(96-47(8)79)37-75(51,59)9)76(10)60(39-91-11)99-73(88)50-38-95-69(64(50)76)67(63)85/h15-17,20-21,31,38,40,42-44,46,48-49,51-53,55-60,68,70,80,90H,18-19,22-30,32-37,39H2,1-14H3/b17-15+,20-16+,41-21+,45-31+/t40-,42-,43-,44-,46-,48+,49+,51+,52+,53-,55+,56+,57-,58-,59+,60-,68-,70+,75+,76+,77-/m1/s1. The summed E-state index contributed by atoms with van der Waals surface area (Å²) >= 11 is 0. The van der Waals surface area contributed by atoms with E-state index in [1.54, 1.807) is 34.8 Å². The molecule has 8 aliphatic rings. The molecular weight excluding hydrogens is 1310 g/mol. The molecule has 0 radical (unpaired) electrons. The van der Waals surface area contributed by atoms with Crippen molar-refractivity contribution in [1.82, 2.24) is 4.90 Å². The number of nitrogens with zero attached hydrogens (tertiary/aromatic N) is 1. The van der Waals surface area contributed by atoms with Gasteiger partial charge in [-0.05, 0) is 145 Å². The number of piperidine rings is 1. The number of furan rings is 1. The Morgan fingerprint density at radius 1 is 0.782 bits per heavy atom. The van der Waals surface area contributed by atoms with Gasteiger partial charge in [-0.25, -0.2) is 9.59 Å². The molecule has 0 spiro atoms. The number of hydrogen-bond donors (Lipinski definition) is 2. The van der Waals surface area contributed by atoms with Crippen LogP contribution in [0, 0.1) is 46.8 Å². The van der Waals surface area contributed by atoms with Crippen LogP contribution in [0.25, 0.3) is 0 Å². The summed E-state index contributed by atoms with van der Waals surface area (Å²) in [6, 6.07) is -1.26. The highest BCUT2D eigenvalue weighted by molar-refractivity contribution is 6.39. The number of allylic oxidation sites excluding steroid dienone is 7. The van der Waals surface area contributed by atoms with Gasteiger partial charge < -0.3 is 66.9 Å². The fourth-order valence-electron chi connectivity index (χ4n) is 17.4. The normalized spacial score (nSPS) is 38.4. The minimum atomic E-state index is -2.51. The SMILES string of the molecule is COC[C@H]1OC(=O)c2coc3c2[C@@]1(C)C1=C(C3=O)[C@@H]2CC[C@H](OC(=O)CC(=O)O[C@@H]3/C(C)=C/[C@@H](C)C(=O)C[C@@H]([C@H](C)C[C@@H]4CC[C@@H](O)[C@H](OC)C4)OC(=O)[C@@H]4CCCCN4C(=O)C(=O)[C@]4(O)O[C@@H](CC[C@H]4C)C[C@H](OC)/C(C)=C/C=C/C=C/[C@@H](C)C[C@@H](C)C(=O)[C@@H]3OC)[C@@]2(C)C[C@H]1OC(C)=O. The zero-order valence-electron chi connectivity index (χ0n) is 61.1. The number of esters is 5. The lowest BCUT2D eigenvalue weighted by molar-refractivity contribution is -0.265. The van der Waals surface area contributed by atoms with Gasteiger partial charge in [0, 0.05) is 89.1 Å². The van der Waals surface area contributed by atoms with E-state index in [1.807, 2.05) is 65.0 Å². The van der Waals surface area contributed by atoms with E-state index in [0.29, 0.717) is 80.9 Å². The van der Waals surface area contributed by atoms with Crippen molar-refractivity contribution >= 4 is 58.9 Å². The first kappa shape index (κ1) is 78.3. The number of ketones is 4. The fraction of sp³-hybridized carbons (Fsp3) is 0.688. The van der Waals surface area contributed by atoms with Gasteiger partial charge in [-0.15, -0.1) is 0 Å². The number of cyclic esters (lactones) is 2. The van der Waals surface area contributed by atoms with Crippen molar-refractivity contribution < 1.29 is 110 Å². The average Bonchev–Trinajstić information content (AvgIpc) is 0.899. The summed E-state index contributed by atoms with van der Waals surface area (Å²) in [5.74, 6) is -14.2. The summed E-state index contributed by atoms with van der Waals surface area (Å²) < 4.78 is 66.0. The number of Topliss-reactive ketones (excluding diaryl/α,β-unsaturated/α-hetero) is 4. The van der Waals surface area contributed by atoms with Crippen LogP contribution in [0.1, 0.15) is 198 Å². The predicted octanol–water partition coefficient (Wildman–Crippen LogP) is 9.01. The second kappa shape index (κ2) is 32.9. The van der Waals surface area contributed by atoms with Crippen molar-refractivity contribution in [2.45, 2.75) is 250 Å². The first-order chi connectivity index (χ1) is 47.8. The maximum absolute atomic E-state index is 14.9. The molecule has 21 atom stereocenters. The molecule has 4 fully saturated rings. The summed E-state index contributed by atoms with van der Waals surface area (Å²) in [7, 11) is 5.82. The predicted molar refractivity (Wildman–Crippen MR) is 363 cm³/mol. The Balaban J connectivity index is 1.01. The van der Waals surface area contributed by atoms with Crippen LogP contribution in [-0.2, 0) is 91.1 Å². The highest BCUT2D eigenvalue weighted by atomic mass is 16.6. The summed E-state index contributed by atoms with van der Waals surface area (Å²) in [5, 5.41) is 22.9. The maximum atomic E-state index is 14.9. The summed E-state index contributed by atoms with van der Waals surface area (Å²) in [5.41, 5.74) is -0.140. The number of ether oxygens (including phenoxy) is 10. The van der Waals surface area contributed by atoms with Crippen LogP contribution in [-0.4, -0.2) is 188 Å². The number of methoxy groups -OCH3 is 4. The molecule has 2 N–H and O–H groups in total. The summed E-state index contributed by atoms with van der Waals surface area (Å²) in [4.78, 5) is 145. The van der Waals surface area contributed by atoms with Crippen molar-refractivity contribution in [3.63, 3.8) is 0 Å². The van der Waals surface area contributed by atoms with E-state index in [0.717, 1.165) is 10.5 Å². The first-order valence-electron chi connectivity index (χ1n) is 36.0. The molecule has 1 amide bonds. The molecule has 2 bridgehead atoms. The zero-order chi connectivity index (χ0) is 73.7. The van der Waals surface area contributed by atoms with Crippen LogP contribution in [0.4, 0.5) is 0 Å². The van der Waals surface area contributed by atoms with Gasteiger partial charge in [-0.2, -0.15) is 0 Å². The quantitative estimate of drug-likeness (QED) is 0.0611. The Morgan fingerprint density at radius 2 is 1.51 bits per heavy atom. The van der Waals surface area contributed by atoms with Gasteiger partial charge in [-0.3, -0.25) is 38.4 Å². The molecule has 4 aliphatic heterocycles. The second-order valence-corrected chi connectivity index (χ2v) is 30.2. The number of aliphatic hydroxyl groups is 2. The largest absolute Gasteiger partial charge is 0.461 e. The van der Waals surface area contributed by atoms with Crippen LogP contribution >= 0.6 is 0 Å². The van der Waals surface area contributed by atoms with E-state index in [2.05, 4.69) is 0 Å². The molecule has 101 heavy (non-hydrogen) atoms. The van der Waals surface area contributed by atoms with Crippen molar-refractivity contribution in [3.05, 3.63) is 81.9 Å². The topological polar surface area (TPSA) is 320 Å². The lowest BCUT2D eigenvalue weighted by Crippen LogP contribution is -2.61. The van der Waals surface area contributed by atoms with E-state index in [1.165, 1.54) is 40.6 Å². The molecule has 2 saturated heterocycles. The van der Waals surface area contributed by atoms with Gasteiger partial charge in [0.1, 0.15) is 54.5 Å². The lowest BCUT2D eigenvalue weighted by Gasteiger charge is -2.52. The fourth-order valence-corrected chi connectivity index (χ4v) is 17.4. The van der Waals surface area contributed by atoms with Crippen molar-refractivity contribution in [2.24, 2.45) is 46.8 Å². The van der Waals surface area contributed by atoms with E-state index in [-0.39, 0.29) is 74.0 Å². The molecule has 0 aromatic carbocycles. The Morgan fingerprint density at radius 3 is 2.21 bits per heavy atom. The van der Waals surface area contributed by atoms with Gasteiger partial charge in [0.15, 0.2) is 23.8 Å². The third kappa shape index (κ3) is 16.4. The molecule has 5 heterocycles. The minimum absolute atomic E-state index is 0.00312. The molecule has 9 rings (SSSR count). The van der Waals surface area contributed by atoms with Crippen molar-refractivity contribution in [3.8, 4) is 0 Å². The number of amides is 1. The van der Waals surface area contributed by atoms with Crippen molar-refractivity contribution in [1.29, 1.82) is 0 Å². The van der Waals surface area contributed by atoms with E-state index >= 15 is 0 Å². The monoisotopic (exact) mass is 1410 g/mol. The lowest BCUT2D eigenvalue weighted by atomic mass is 9.54. The smallest absolute Gasteiger partial charge is 0.342 e. The highest BCUT2D eigenvalue weighted by Gasteiger charge is 2.65. The Hall–Kier alpha value is -6.80. The molecule has 0 unspecified atom stereocenters. The molecular formula is C77H105NO23. The van der Waals surface area contributed by atoms with Crippen LogP contribution in [0.5, 0.6) is 0 Å². The minimum Gasteiger partial charge on any atom is -0.461 e. The first-order valence-corrected chi connectivity index (χ1v) is 36.0. The number of hydrogen-bond acceptors (Lipinski definition) is 23. The number of aliphatic hydroxyl groups excluding tert-OH is 1. The van der Waals surface area contributed by atoms with E-state index < -0.39 is 179 Å². The van der Waals surface area contributed by atoms with Crippen molar-refractivity contribution in [2.75, 3.05) is 41.6 Å². The Labute approximate surface area is 591 Å². The average molecular weight is 1410 g/mol. The van der Waals surface area contributed by atoms with Crippen LogP contribution < -0.4 is 0 Å². The van der Waals surface area contributed by atoms with Gasteiger partial charge in [0.05, 0.1) is 36.4 Å². The molecule has 1 aromatic heterocycles. The number of fused-ring (bicyclic) bond motifs is 6. The zero-order valence-corrected chi connectivity index (χ0v) is 61.1. The molecule has 4 aliphatic carbocycles. The molecule has 1 aromatic rings. The van der Waals surface area contributed by atoms with E-state index in [9.17, 15) is 58.2 Å². The van der Waals surface area contributed by atoms with E-state index in [4.69, 9.17) is 51.8 Å². The van der Waals surface area contributed by atoms with Gasteiger partial charge in [0.2, 0.25) is 11.6 Å². The van der Waals surface area contributed by atoms with Gasteiger partial charge >= 0.3 is 29.8 Å². The third-order valence-electron chi connectivity index (χ3n) is 23.2. The van der Waals surface area contributed by atoms with Crippen LogP contribution in [0.15, 0.2) is 69.4 Å². The molecule has 24 nitrogen and oxygen atoms in total. The Bertz CT molecular complexity index is 3470. The molecule has 2 saturated carbocycles. The summed E-state index contributed by atoms with van der Waals surface area (Å²) in [6.45, 7) is 17.0.